The Morgan fingerprint density at radius 1 is 1.41 bits per heavy atom. The maximum Gasteiger partial charge on any atom is 0.0900 e. The first-order chi connectivity index (χ1) is 8.06. The molecule has 0 aliphatic rings. The third-order valence-corrected chi connectivity index (χ3v) is 4.44. The minimum Gasteiger partial charge on any atom is -0.379 e. The minimum absolute atomic E-state index is 0.754. The zero-order chi connectivity index (χ0) is 12.4. The molecule has 0 amide bonds. The smallest absolute Gasteiger partial charge is 0.0900 e. The number of nitrogens with one attached hydrogen (secondary N) is 1. The molecule has 0 aliphatic heterocycles. The fourth-order valence-corrected chi connectivity index (χ4v) is 3.10. The van der Waals surface area contributed by atoms with E-state index in [1.165, 1.54) is 8.45 Å². The summed E-state index contributed by atoms with van der Waals surface area (Å²) in [6, 6.07) is 5.96. The van der Waals surface area contributed by atoms with Crippen molar-refractivity contribution in [2.75, 3.05) is 5.32 Å². The summed E-state index contributed by atoms with van der Waals surface area (Å²) < 4.78 is 1.17. The second kappa shape index (κ2) is 5.54. The molecule has 0 aliphatic carbocycles. The van der Waals surface area contributed by atoms with Gasteiger partial charge in [-0.3, -0.25) is 0 Å². The van der Waals surface area contributed by atoms with Gasteiger partial charge >= 0.3 is 0 Å². The summed E-state index contributed by atoms with van der Waals surface area (Å²) in [7, 11) is 0. The SMILES string of the molecule is Cc1nc(C)c(CNc2cc(I)ccc2Cl)s1. The molecule has 5 heteroatoms. The molecule has 0 atom stereocenters. The Bertz CT molecular complexity index is 539. The predicted molar refractivity (Wildman–Crippen MR) is 83.1 cm³/mol. The first-order valence-electron chi connectivity index (χ1n) is 5.18. The maximum atomic E-state index is 6.13. The van der Waals surface area contributed by atoms with Crippen LogP contribution in [0, 0.1) is 17.4 Å². The van der Waals surface area contributed by atoms with Crippen LogP contribution < -0.4 is 5.32 Å². The van der Waals surface area contributed by atoms with Gasteiger partial charge in [0.25, 0.3) is 0 Å². The molecule has 0 unspecified atom stereocenters. The molecule has 0 saturated carbocycles. The Kier molecular flexibility index (Phi) is 4.27. The fraction of sp³-hybridized carbons (Fsp3) is 0.250. The van der Waals surface area contributed by atoms with Gasteiger partial charge in [-0.25, -0.2) is 4.98 Å². The molecule has 1 aromatic carbocycles. The summed E-state index contributed by atoms with van der Waals surface area (Å²) >= 11 is 10.1. The third-order valence-electron chi connectivity index (χ3n) is 2.37. The van der Waals surface area contributed by atoms with E-state index in [0.29, 0.717) is 0 Å². The van der Waals surface area contributed by atoms with E-state index < -0.39 is 0 Å². The van der Waals surface area contributed by atoms with Gasteiger partial charge in [-0.05, 0) is 54.6 Å². The number of rotatable bonds is 3. The fourth-order valence-electron chi connectivity index (χ4n) is 1.55. The monoisotopic (exact) mass is 378 g/mol. The van der Waals surface area contributed by atoms with Gasteiger partial charge in [0.05, 0.1) is 28.0 Å². The Morgan fingerprint density at radius 3 is 2.82 bits per heavy atom. The number of hydrogen-bond donors (Lipinski definition) is 1. The van der Waals surface area contributed by atoms with Crippen LogP contribution in [0.4, 0.5) is 5.69 Å². The Hall–Kier alpha value is -0.330. The van der Waals surface area contributed by atoms with Gasteiger partial charge in [0, 0.05) is 8.45 Å². The lowest BCUT2D eigenvalue weighted by molar-refractivity contribution is 1.11. The first kappa shape index (κ1) is 13.1. The molecule has 2 rings (SSSR count). The van der Waals surface area contributed by atoms with E-state index in [0.717, 1.165) is 28.0 Å². The molecule has 2 nitrogen and oxygen atoms in total. The molecule has 1 aromatic heterocycles. The van der Waals surface area contributed by atoms with E-state index in [-0.39, 0.29) is 0 Å². The number of hydrogen-bond acceptors (Lipinski definition) is 3. The molecule has 0 spiro atoms. The van der Waals surface area contributed by atoms with E-state index in [2.05, 4.69) is 32.9 Å². The van der Waals surface area contributed by atoms with Crippen LogP contribution in [0.25, 0.3) is 0 Å². The summed E-state index contributed by atoms with van der Waals surface area (Å²) in [5.41, 5.74) is 2.07. The van der Waals surface area contributed by atoms with E-state index in [4.69, 9.17) is 11.6 Å². The van der Waals surface area contributed by atoms with E-state index in [1.807, 2.05) is 32.0 Å². The summed E-state index contributed by atoms with van der Waals surface area (Å²) in [5.74, 6) is 0. The van der Waals surface area contributed by atoms with Gasteiger partial charge in [0.15, 0.2) is 0 Å². The van der Waals surface area contributed by atoms with Crippen molar-refractivity contribution in [3.63, 3.8) is 0 Å². The molecule has 0 radical (unpaired) electrons. The van der Waals surface area contributed by atoms with Gasteiger partial charge in [0.2, 0.25) is 0 Å². The number of aryl methyl sites for hydroxylation is 2. The van der Waals surface area contributed by atoms with Gasteiger partial charge in [-0.2, -0.15) is 0 Å². The van der Waals surface area contributed by atoms with Crippen LogP contribution in [0.3, 0.4) is 0 Å². The lowest BCUT2D eigenvalue weighted by Gasteiger charge is -2.08. The quantitative estimate of drug-likeness (QED) is 0.788. The normalized spacial score (nSPS) is 10.6. The molecule has 0 saturated heterocycles. The number of benzene rings is 1. The standard InChI is InChI=1S/C12H12ClIN2S/c1-7-12(17-8(2)16-7)6-15-11-5-9(14)3-4-10(11)13/h3-5,15H,6H2,1-2H3. The highest BCUT2D eigenvalue weighted by molar-refractivity contribution is 14.1. The minimum atomic E-state index is 0.754. The van der Waals surface area contributed by atoms with Crippen molar-refractivity contribution in [1.29, 1.82) is 0 Å². The van der Waals surface area contributed by atoms with Crippen LogP contribution in [0.1, 0.15) is 15.6 Å². The zero-order valence-corrected chi connectivity index (χ0v) is 13.3. The highest BCUT2D eigenvalue weighted by atomic mass is 127. The van der Waals surface area contributed by atoms with Crippen LogP contribution in [0.2, 0.25) is 5.02 Å². The van der Waals surface area contributed by atoms with Crippen LogP contribution in [0.15, 0.2) is 18.2 Å². The Morgan fingerprint density at radius 2 is 2.18 bits per heavy atom. The number of nitrogens with zero attached hydrogens (tertiary/aromatic N) is 1. The van der Waals surface area contributed by atoms with Crippen LogP contribution in [-0.4, -0.2) is 4.98 Å². The second-order valence-electron chi connectivity index (χ2n) is 3.72. The number of halogens is 2. The van der Waals surface area contributed by atoms with Crippen molar-refractivity contribution in [2.45, 2.75) is 20.4 Å². The average molecular weight is 379 g/mol. The second-order valence-corrected chi connectivity index (χ2v) is 6.66. The van der Waals surface area contributed by atoms with E-state index in [1.54, 1.807) is 11.3 Å². The van der Waals surface area contributed by atoms with Gasteiger partial charge in [-0.15, -0.1) is 11.3 Å². The summed E-state index contributed by atoms with van der Waals surface area (Å²) in [5, 5.41) is 5.22. The number of aromatic nitrogens is 1. The lowest BCUT2D eigenvalue weighted by Crippen LogP contribution is -1.99. The molecule has 0 bridgehead atoms. The van der Waals surface area contributed by atoms with Gasteiger partial charge in [0.1, 0.15) is 0 Å². The van der Waals surface area contributed by atoms with Crippen molar-refractivity contribution in [1.82, 2.24) is 4.98 Å². The third kappa shape index (κ3) is 3.33. The highest BCUT2D eigenvalue weighted by Gasteiger charge is 2.06. The van der Waals surface area contributed by atoms with Crippen molar-refractivity contribution in [3.05, 3.63) is 42.4 Å². The van der Waals surface area contributed by atoms with Crippen LogP contribution in [0.5, 0.6) is 0 Å². The van der Waals surface area contributed by atoms with Crippen molar-refractivity contribution in [3.8, 4) is 0 Å². The molecule has 17 heavy (non-hydrogen) atoms. The molecular formula is C12H12ClIN2S. The largest absolute Gasteiger partial charge is 0.379 e. The predicted octanol–water partition coefficient (Wildman–Crippen LogP) is 4.63. The molecule has 2 aromatic rings. The molecule has 0 fully saturated rings. The van der Waals surface area contributed by atoms with Gasteiger partial charge < -0.3 is 5.32 Å². The van der Waals surface area contributed by atoms with E-state index in [9.17, 15) is 0 Å². The van der Waals surface area contributed by atoms with Crippen molar-refractivity contribution >= 4 is 51.2 Å². The lowest BCUT2D eigenvalue weighted by atomic mass is 10.3. The van der Waals surface area contributed by atoms with E-state index >= 15 is 0 Å². The Balaban J connectivity index is 2.12. The molecular weight excluding hydrogens is 367 g/mol. The molecule has 90 valence electrons. The first-order valence-corrected chi connectivity index (χ1v) is 7.45. The molecule has 1 N–H and O–H groups in total. The van der Waals surface area contributed by atoms with Crippen molar-refractivity contribution in [2.24, 2.45) is 0 Å². The topological polar surface area (TPSA) is 24.9 Å². The highest BCUT2D eigenvalue weighted by Crippen LogP contribution is 2.25. The van der Waals surface area contributed by atoms with Crippen molar-refractivity contribution < 1.29 is 0 Å². The summed E-state index contributed by atoms with van der Waals surface area (Å²) in [6.07, 6.45) is 0. The maximum absolute atomic E-state index is 6.13. The zero-order valence-electron chi connectivity index (χ0n) is 9.55. The number of anilines is 1. The Labute approximate surface area is 124 Å². The van der Waals surface area contributed by atoms with Crippen LogP contribution in [-0.2, 0) is 6.54 Å². The summed E-state index contributed by atoms with van der Waals surface area (Å²) in [6.45, 7) is 4.84. The average Bonchev–Trinajstić information content (AvgIpc) is 2.59. The van der Waals surface area contributed by atoms with Crippen LogP contribution >= 0.6 is 45.5 Å². The number of thiazole rings is 1. The summed E-state index contributed by atoms with van der Waals surface area (Å²) in [4.78, 5) is 5.67. The van der Waals surface area contributed by atoms with Gasteiger partial charge in [-0.1, -0.05) is 11.6 Å². The molecule has 1 heterocycles.